The van der Waals surface area contributed by atoms with Gasteiger partial charge in [0, 0.05) is 12.7 Å². The van der Waals surface area contributed by atoms with Crippen molar-refractivity contribution >= 4 is 0 Å². The first-order valence-electron chi connectivity index (χ1n) is 6.88. The Hall–Kier alpha value is -1.34. The molecule has 0 amide bonds. The van der Waals surface area contributed by atoms with E-state index in [0.717, 1.165) is 38.0 Å². The van der Waals surface area contributed by atoms with Gasteiger partial charge in [0.15, 0.2) is 0 Å². The maximum absolute atomic E-state index is 8.79. The lowest BCUT2D eigenvalue weighted by molar-refractivity contribution is 0.292. The molecule has 0 bridgehead atoms. The second-order valence-electron chi connectivity index (χ2n) is 4.63. The molecule has 0 aromatic carbocycles. The molecule has 0 saturated heterocycles. The van der Waals surface area contributed by atoms with Crippen LogP contribution in [0.3, 0.4) is 0 Å². The van der Waals surface area contributed by atoms with Gasteiger partial charge in [-0.1, -0.05) is 20.8 Å². The molecular weight excluding hydrogens is 224 g/mol. The van der Waals surface area contributed by atoms with Gasteiger partial charge in [0.05, 0.1) is 24.3 Å². The third-order valence-electron chi connectivity index (χ3n) is 3.20. The molecular formula is C14H24N4. The lowest BCUT2D eigenvalue weighted by Crippen LogP contribution is -2.24. The zero-order valence-corrected chi connectivity index (χ0v) is 11.8. The van der Waals surface area contributed by atoms with Crippen molar-refractivity contribution in [2.75, 3.05) is 13.1 Å². The molecule has 0 aliphatic rings. The summed E-state index contributed by atoms with van der Waals surface area (Å²) in [6.45, 7) is 8.71. The zero-order valence-electron chi connectivity index (χ0n) is 11.8. The van der Waals surface area contributed by atoms with Gasteiger partial charge in [-0.25, -0.2) is 0 Å². The Morgan fingerprint density at radius 1 is 1.39 bits per heavy atom. The average Bonchev–Trinajstić information content (AvgIpc) is 2.80. The van der Waals surface area contributed by atoms with Gasteiger partial charge in [-0.05, 0) is 31.9 Å². The number of nitrogens with zero attached hydrogens (tertiary/aromatic N) is 4. The van der Waals surface area contributed by atoms with E-state index in [1.165, 1.54) is 0 Å². The Kier molecular flexibility index (Phi) is 6.45. The minimum Gasteiger partial charge on any atom is -0.285 e. The summed E-state index contributed by atoms with van der Waals surface area (Å²) in [6.07, 6.45) is 5.33. The monoisotopic (exact) mass is 248 g/mol. The summed E-state index contributed by atoms with van der Waals surface area (Å²) in [5.41, 5.74) is 1.06. The molecule has 0 unspecified atom stereocenters. The van der Waals surface area contributed by atoms with E-state index in [1.807, 2.05) is 0 Å². The van der Waals surface area contributed by atoms with Crippen molar-refractivity contribution in [1.29, 1.82) is 5.26 Å². The number of aromatic nitrogens is 2. The fourth-order valence-corrected chi connectivity index (χ4v) is 2.19. The van der Waals surface area contributed by atoms with Crippen LogP contribution in [-0.4, -0.2) is 27.8 Å². The van der Waals surface area contributed by atoms with Gasteiger partial charge >= 0.3 is 0 Å². The second kappa shape index (κ2) is 7.88. The van der Waals surface area contributed by atoms with Crippen molar-refractivity contribution in [3.63, 3.8) is 0 Å². The minimum atomic E-state index is 0.478. The summed E-state index contributed by atoms with van der Waals surface area (Å²) >= 11 is 0. The summed E-state index contributed by atoms with van der Waals surface area (Å²) in [5.74, 6) is 0. The van der Waals surface area contributed by atoms with Crippen LogP contribution in [0.4, 0.5) is 0 Å². The topological polar surface area (TPSA) is 44.9 Å². The largest absolute Gasteiger partial charge is 0.285 e. The highest BCUT2D eigenvalue weighted by Crippen LogP contribution is 2.15. The SMILES string of the molecule is CCCN(CC#N)Cc1ccn(C(CC)CC)n1. The summed E-state index contributed by atoms with van der Waals surface area (Å²) in [6, 6.07) is 4.78. The Bertz CT molecular complexity index is 373. The van der Waals surface area contributed by atoms with Gasteiger partial charge < -0.3 is 0 Å². The maximum atomic E-state index is 8.79. The molecule has 0 atom stereocenters. The second-order valence-corrected chi connectivity index (χ2v) is 4.63. The number of hydrogen-bond donors (Lipinski definition) is 0. The molecule has 0 radical (unpaired) electrons. The van der Waals surface area contributed by atoms with Crippen molar-refractivity contribution < 1.29 is 0 Å². The van der Waals surface area contributed by atoms with Crippen molar-refractivity contribution in [2.24, 2.45) is 0 Å². The van der Waals surface area contributed by atoms with Crippen LogP contribution >= 0.6 is 0 Å². The molecule has 0 fully saturated rings. The predicted molar refractivity (Wildman–Crippen MR) is 73.0 cm³/mol. The van der Waals surface area contributed by atoms with Crippen molar-refractivity contribution in [1.82, 2.24) is 14.7 Å². The van der Waals surface area contributed by atoms with E-state index >= 15 is 0 Å². The van der Waals surface area contributed by atoms with Crippen LogP contribution in [0.1, 0.15) is 51.8 Å². The van der Waals surface area contributed by atoms with E-state index in [-0.39, 0.29) is 0 Å². The van der Waals surface area contributed by atoms with Crippen LogP contribution < -0.4 is 0 Å². The molecule has 1 heterocycles. The third kappa shape index (κ3) is 4.15. The van der Waals surface area contributed by atoms with Crippen LogP contribution in [0.15, 0.2) is 12.3 Å². The molecule has 1 aromatic rings. The van der Waals surface area contributed by atoms with Crippen LogP contribution in [0.25, 0.3) is 0 Å². The quantitative estimate of drug-likeness (QED) is 0.664. The van der Waals surface area contributed by atoms with Gasteiger partial charge in [-0.2, -0.15) is 10.4 Å². The van der Waals surface area contributed by atoms with Gasteiger partial charge in [-0.15, -0.1) is 0 Å². The van der Waals surface area contributed by atoms with Gasteiger partial charge in [0.2, 0.25) is 0 Å². The number of rotatable bonds is 8. The highest BCUT2D eigenvalue weighted by Gasteiger charge is 2.10. The van der Waals surface area contributed by atoms with E-state index in [9.17, 15) is 0 Å². The predicted octanol–water partition coefficient (Wildman–Crippen LogP) is 2.98. The Morgan fingerprint density at radius 3 is 2.67 bits per heavy atom. The highest BCUT2D eigenvalue weighted by atomic mass is 15.3. The van der Waals surface area contributed by atoms with Crippen LogP contribution in [0, 0.1) is 11.3 Å². The maximum Gasteiger partial charge on any atom is 0.0869 e. The molecule has 1 rings (SSSR count). The molecule has 0 aliphatic heterocycles. The lowest BCUT2D eigenvalue weighted by atomic mass is 10.2. The highest BCUT2D eigenvalue weighted by molar-refractivity contribution is 5.00. The number of hydrogen-bond acceptors (Lipinski definition) is 3. The lowest BCUT2D eigenvalue weighted by Gasteiger charge is -2.17. The van der Waals surface area contributed by atoms with E-state index < -0.39 is 0 Å². The third-order valence-corrected chi connectivity index (χ3v) is 3.20. The molecule has 0 spiro atoms. The molecule has 0 N–H and O–H groups in total. The zero-order chi connectivity index (χ0) is 13.4. The van der Waals surface area contributed by atoms with Crippen molar-refractivity contribution in [3.8, 4) is 6.07 Å². The molecule has 0 aliphatic carbocycles. The fourth-order valence-electron chi connectivity index (χ4n) is 2.19. The first-order valence-corrected chi connectivity index (χ1v) is 6.88. The van der Waals surface area contributed by atoms with Gasteiger partial charge in [-0.3, -0.25) is 9.58 Å². The van der Waals surface area contributed by atoms with Crippen LogP contribution in [-0.2, 0) is 6.54 Å². The first kappa shape index (κ1) is 14.7. The van der Waals surface area contributed by atoms with Crippen molar-refractivity contribution in [3.05, 3.63) is 18.0 Å². The summed E-state index contributed by atoms with van der Waals surface area (Å²) in [4.78, 5) is 2.14. The molecule has 4 heteroatoms. The molecule has 4 nitrogen and oxygen atoms in total. The molecule has 1 aromatic heterocycles. The van der Waals surface area contributed by atoms with Gasteiger partial charge in [0.1, 0.15) is 0 Å². The van der Waals surface area contributed by atoms with Crippen LogP contribution in [0.2, 0.25) is 0 Å². The van der Waals surface area contributed by atoms with Crippen molar-refractivity contribution in [2.45, 2.75) is 52.6 Å². The average molecular weight is 248 g/mol. The van der Waals surface area contributed by atoms with E-state index in [0.29, 0.717) is 12.6 Å². The Labute approximate surface area is 110 Å². The summed E-state index contributed by atoms with van der Waals surface area (Å²) in [5, 5.41) is 13.4. The first-order chi connectivity index (χ1) is 8.74. The number of nitriles is 1. The van der Waals surface area contributed by atoms with E-state index in [4.69, 9.17) is 5.26 Å². The summed E-state index contributed by atoms with van der Waals surface area (Å²) in [7, 11) is 0. The van der Waals surface area contributed by atoms with E-state index in [2.05, 4.69) is 53.8 Å². The van der Waals surface area contributed by atoms with Crippen LogP contribution in [0.5, 0.6) is 0 Å². The normalized spacial score (nSPS) is 11.1. The fraction of sp³-hybridized carbons (Fsp3) is 0.714. The Balaban J connectivity index is 2.64. The Morgan fingerprint density at radius 2 is 2.11 bits per heavy atom. The van der Waals surface area contributed by atoms with Gasteiger partial charge in [0.25, 0.3) is 0 Å². The minimum absolute atomic E-state index is 0.478. The molecule has 0 saturated carbocycles. The summed E-state index contributed by atoms with van der Waals surface area (Å²) < 4.78 is 2.06. The smallest absolute Gasteiger partial charge is 0.0869 e. The standard InChI is InChI=1S/C14H24N4/c1-4-9-17(11-8-15)12-13-7-10-18(16-13)14(5-2)6-3/h7,10,14H,4-6,9,11-12H2,1-3H3. The van der Waals surface area contributed by atoms with E-state index in [1.54, 1.807) is 0 Å². The molecule has 18 heavy (non-hydrogen) atoms. The molecule has 100 valence electrons.